The Kier molecular flexibility index (Phi) is 50.1. The van der Waals surface area contributed by atoms with Crippen LogP contribution in [-0.4, -0.2) is 87.5 Å². The molecular weight excluding hydrogens is 887 g/mol. The van der Waals surface area contributed by atoms with E-state index in [1.807, 2.05) is 6.08 Å². The lowest BCUT2D eigenvalue weighted by molar-refractivity contribution is -0.302. The summed E-state index contributed by atoms with van der Waals surface area (Å²) in [5.41, 5.74) is 0. The first-order valence-corrected chi connectivity index (χ1v) is 31.4. The van der Waals surface area contributed by atoms with E-state index in [1.54, 1.807) is 6.08 Å². The van der Waals surface area contributed by atoms with Gasteiger partial charge in [-0.3, -0.25) is 4.79 Å². The van der Waals surface area contributed by atoms with Crippen molar-refractivity contribution >= 4 is 5.91 Å². The average Bonchev–Trinajstić information content (AvgIpc) is 3.37. The van der Waals surface area contributed by atoms with Crippen LogP contribution >= 0.6 is 0 Å². The third kappa shape index (κ3) is 41.8. The SMILES string of the molecule is CCCCCCCCCCCCCCCCCCCCCCCCCCCCCCC/C=C/C(O)C(COC1OC(CO)C(O)C(O)C1O)NC(=O)CCCCCCCCCCCCCCCCCCC. The summed E-state index contributed by atoms with van der Waals surface area (Å²) in [5.74, 6) is -0.170. The van der Waals surface area contributed by atoms with Gasteiger partial charge in [-0.2, -0.15) is 0 Å². The average molecular weight is 1010 g/mol. The molecule has 1 saturated heterocycles. The van der Waals surface area contributed by atoms with Gasteiger partial charge in [-0.15, -0.1) is 0 Å². The van der Waals surface area contributed by atoms with Crippen LogP contribution in [0.25, 0.3) is 0 Å². The molecule has 0 spiro atoms. The molecule has 9 nitrogen and oxygen atoms in total. The predicted octanol–water partition coefficient (Wildman–Crippen LogP) is 16.0. The Balaban J connectivity index is 2.14. The third-order valence-corrected chi connectivity index (χ3v) is 15.4. The normalized spacial score (nSPS) is 19.2. The van der Waals surface area contributed by atoms with Crippen molar-refractivity contribution in [2.45, 2.75) is 365 Å². The number of carbonyl (C=O) groups excluding carboxylic acids is 1. The first kappa shape index (κ1) is 67.9. The van der Waals surface area contributed by atoms with Crippen molar-refractivity contribution in [3.63, 3.8) is 0 Å². The molecule has 0 saturated carbocycles. The zero-order valence-electron chi connectivity index (χ0n) is 47.0. The van der Waals surface area contributed by atoms with Crippen LogP contribution in [0.5, 0.6) is 0 Å². The second kappa shape index (κ2) is 52.4. The van der Waals surface area contributed by atoms with E-state index in [-0.39, 0.29) is 12.5 Å². The Bertz CT molecular complexity index is 1120. The van der Waals surface area contributed by atoms with Crippen LogP contribution in [-0.2, 0) is 14.3 Å². The Hall–Kier alpha value is -1.07. The summed E-state index contributed by atoms with van der Waals surface area (Å²) in [4.78, 5) is 13.1. The van der Waals surface area contributed by atoms with Crippen LogP contribution < -0.4 is 5.32 Å². The van der Waals surface area contributed by atoms with Crippen LogP contribution in [0.1, 0.15) is 322 Å². The van der Waals surface area contributed by atoms with Crippen LogP contribution in [0.15, 0.2) is 12.2 Å². The van der Waals surface area contributed by atoms with Crippen molar-refractivity contribution in [3.05, 3.63) is 12.2 Å². The molecule has 6 N–H and O–H groups in total. The molecular formula is C62H121NO8. The van der Waals surface area contributed by atoms with Crippen LogP contribution in [0, 0.1) is 0 Å². The van der Waals surface area contributed by atoms with Gasteiger partial charge in [-0.25, -0.2) is 0 Å². The molecule has 0 aliphatic carbocycles. The Labute approximate surface area is 439 Å². The molecule has 0 aromatic rings. The number of unbranched alkanes of at least 4 members (excludes halogenated alkanes) is 45. The van der Waals surface area contributed by atoms with Crippen molar-refractivity contribution in [1.29, 1.82) is 0 Å². The topological polar surface area (TPSA) is 149 Å². The molecule has 1 heterocycles. The maximum Gasteiger partial charge on any atom is 0.220 e. The molecule has 7 atom stereocenters. The van der Waals surface area contributed by atoms with Crippen molar-refractivity contribution < 1.29 is 39.8 Å². The number of hydrogen-bond donors (Lipinski definition) is 6. The lowest BCUT2D eigenvalue weighted by Gasteiger charge is -2.40. The van der Waals surface area contributed by atoms with E-state index in [0.29, 0.717) is 6.42 Å². The van der Waals surface area contributed by atoms with Gasteiger partial charge in [0.15, 0.2) is 6.29 Å². The van der Waals surface area contributed by atoms with E-state index in [2.05, 4.69) is 19.2 Å². The highest BCUT2D eigenvalue weighted by atomic mass is 16.7. The second-order valence-electron chi connectivity index (χ2n) is 22.2. The number of aliphatic hydroxyl groups excluding tert-OH is 5. The fraction of sp³-hybridized carbons (Fsp3) is 0.952. The number of amides is 1. The number of carbonyl (C=O) groups is 1. The van der Waals surface area contributed by atoms with E-state index in [9.17, 15) is 30.3 Å². The van der Waals surface area contributed by atoms with Gasteiger partial charge in [0.05, 0.1) is 25.4 Å². The van der Waals surface area contributed by atoms with Crippen molar-refractivity contribution in [3.8, 4) is 0 Å². The quantitative estimate of drug-likeness (QED) is 0.0261. The maximum atomic E-state index is 13.1. The summed E-state index contributed by atoms with van der Waals surface area (Å²) in [7, 11) is 0. The Morgan fingerprint density at radius 2 is 0.775 bits per heavy atom. The molecule has 0 aromatic heterocycles. The van der Waals surface area contributed by atoms with Crippen LogP contribution in [0.3, 0.4) is 0 Å². The van der Waals surface area contributed by atoms with Crippen molar-refractivity contribution in [2.75, 3.05) is 13.2 Å². The number of hydrogen-bond acceptors (Lipinski definition) is 8. The summed E-state index contributed by atoms with van der Waals surface area (Å²) in [5, 5.41) is 54.6. The van der Waals surface area contributed by atoms with Gasteiger partial charge in [0.2, 0.25) is 5.91 Å². The minimum Gasteiger partial charge on any atom is -0.394 e. The summed E-state index contributed by atoms with van der Waals surface area (Å²) >= 11 is 0. The number of allylic oxidation sites excluding steroid dienone is 1. The smallest absolute Gasteiger partial charge is 0.220 e. The van der Waals surface area contributed by atoms with Gasteiger partial charge in [0.25, 0.3) is 0 Å². The monoisotopic (exact) mass is 1010 g/mol. The van der Waals surface area contributed by atoms with Crippen molar-refractivity contribution in [2.24, 2.45) is 0 Å². The second-order valence-corrected chi connectivity index (χ2v) is 22.2. The molecule has 0 bridgehead atoms. The van der Waals surface area contributed by atoms with E-state index in [0.717, 1.165) is 38.5 Å². The predicted molar refractivity (Wildman–Crippen MR) is 300 cm³/mol. The summed E-state index contributed by atoms with van der Waals surface area (Å²) in [6.07, 6.45) is 58.7. The van der Waals surface area contributed by atoms with E-state index in [1.165, 1.54) is 263 Å². The molecule has 9 heteroatoms. The Morgan fingerprint density at radius 3 is 1.10 bits per heavy atom. The van der Waals surface area contributed by atoms with Crippen LogP contribution in [0.2, 0.25) is 0 Å². The zero-order valence-corrected chi connectivity index (χ0v) is 47.0. The third-order valence-electron chi connectivity index (χ3n) is 15.4. The van der Waals surface area contributed by atoms with Crippen LogP contribution in [0.4, 0.5) is 0 Å². The number of aliphatic hydroxyl groups is 5. The van der Waals surface area contributed by atoms with Gasteiger partial charge in [-0.05, 0) is 19.3 Å². The Morgan fingerprint density at radius 1 is 0.465 bits per heavy atom. The first-order chi connectivity index (χ1) is 34.8. The van der Waals surface area contributed by atoms with E-state index >= 15 is 0 Å². The summed E-state index contributed by atoms with van der Waals surface area (Å²) in [6.45, 7) is 3.83. The van der Waals surface area contributed by atoms with Gasteiger partial charge >= 0.3 is 0 Å². The molecule has 7 unspecified atom stereocenters. The maximum absolute atomic E-state index is 13.1. The molecule has 1 aliphatic rings. The molecule has 0 aromatic carbocycles. The lowest BCUT2D eigenvalue weighted by atomic mass is 9.99. The standard InChI is InChI=1S/C62H121NO8/c1-3-5-7-9-11-13-15-17-19-21-22-23-24-25-26-27-28-29-30-31-32-33-34-36-37-39-41-43-45-47-49-51-56(65)55(54-70-62-61(69)60(68)59(67)57(53-64)71-62)63-58(66)52-50-48-46-44-42-40-38-35-20-18-16-14-12-10-8-6-4-2/h49,51,55-57,59-62,64-65,67-69H,3-48,50,52-54H2,1-2H3,(H,63,66)/b51-49+. The highest BCUT2D eigenvalue weighted by Gasteiger charge is 2.44. The molecule has 422 valence electrons. The highest BCUT2D eigenvalue weighted by molar-refractivity contribution is 5.76. The van der Waals surface area contributed by atoms with Gasteiger partial charge in [-0.1, -0.05) is 309 Å². The molecule has 1 aliphatic heterocycles. The zero-order chi connectivity index (χ0) is 51.5. The minimum atomic E-state index is -1.56. The number of ether oxygens (including phenoxy) is 2. The molecule has 1 amide bonds. The van der Waals surface area contributed by atoms with Gasteiger partial charge in [0, 0.05) is 6.42 Å². The van der Waals surface area contributed by atoms with Gasteiger partial charge in [0.1, 0.15) is 24.4 Å². The number of rotatable bonds is 55. The van der Waals surface area contributed by atoms with Gasteiger partial charge < -0.3 is 40.3 Å². The largest absolute Gasteiger partial charge is 0.394 e. The highest BCUT2D eigenvalue weighted by Crippen LogP contribution is 2.23. The summed E-state index contributed by atoms with van der Waals surface area (Å²) < 4.78 is 11.3. The molecule has 1 fully saturated rings. The fourth-order valence-corrected chi connectivity index (χ4v) is 10.4. The summed E-state index contributed by atoms with van der Waals surface area (Å²) in [6, 6.07) is -0.801. The van der Waals surface area contributed by atoms with E-state index < -0.39 is 49.5 Å². The molecule has 1 rings (SSSR count). The number of nitrogens with one attached hydrogen (secondary N) is 1. The van der Waals surface area contributed by atoms with Crippen molar-refractivity contribution in [1.82, 2.24) is 5.32 Å². The molecule has 0 radical (unpaired) electrons. The molecule has 71 heavy (non-hydrogen) atoms. The first-order valence-electron chi connectivity index (χ1n) is 31.4. The lowest BCUT2D eigenvalue weighted by Crippen LogP contribution is -2.60. The minimum absolute atomic E-state index is 0.170. The fourth-order valence-electron chi connectivity index (χ4n) is 10.4. The van der Waals surface area contributed by atoms with E-state index in [4.69, 9.17) is 9.47 Å².